The fraction of sp³-hybridized carbons (Fsp3) is 0.667. The zero-order valence-corrected chi connectivity index (χ0v) is 8.76. The Kier molecular flexibility index (Phi) is 7.98. The number of allylic oxidation sites excluding steroid dienone is 1. The van der Waals surface area contributed by atoms with Crippen molar-refractivity contribution in [3.05, 3.63) is 12.2 Å². The van der Waals surface area contributed by atoms with Crippen molar-refractivity contribution < 1.29 is 5.11 Å². The van der Waals surface area contributed by atoms with Gasteiger partial charge >= 0.3 is 76.5 Å². The van der Waals surface area contributed by atoms with E-state index in [1.54, 1.807) is 6.08 Å². The summed E-state index contributed by atoms with van der Waals surface area (Å²) >= 11 is 2.53. The second kappa shape index (κ2) is 8.03. The monoisotopic (exact) mass is 220 g/mol. The van der Waals surface area contributed by atoms with E-state index in [0.29, 0.717) is 0 Å². The Labute approximate surface area is 76.9 Å². The van der Waals surface area contributed by atoms with Gasteiger partial charge in [0.1, 0.15) is 0 Å². The van der Waals surface area contributed by atoms with Crippen LogP contribution in [0.1, 0.15) is 39.0 Å². The number of aliphatic hydroxyl groups excluding tert-OH is 1. The van der Waals surface area contributed by atoms with Gasteiger partial charge in [-0.15, -0.1) is 0 Å². The average Bonchev–Trinajstić information content (AvgIpc) is 1.96. The van der Waals surface area contributed by atoms with Crippen LogP contribution in [0.3, 0.4) is 0 Å². The van der Waals surface area contributed by atoms with Gasteiger partial charge in [-0.2, -0.15) is 0 Å². The Morgan fingerprint density at radius 3 is 2.64 bits per heavy atom. The molecule has 0 heterocycles. The van der Waals surface area contributed by atoms with Crippen LogP contribution < -0.4 is 0 Å². The van der Waals surface area contributed by atoms with Crippen molar-refractivity contribution in [2.45, 2.75) is 39.0 Å². The molecule has 0 fully saturated rings. The molecule has 0 atom stereocenters. The Hall–Kier alpha value is -0.0705. The Morgan fingerprint density at radius 1 is 1.36 bits per heavy atom. The van der Waals surface area contributed by atoms with Crippen molar-refractivity contribution in [2.24, 2.45) is 0 Å². The molecule has 0 aromatic rings. The molecule has 0 aliphatic heterocycles. The first-order valence-corrected chi connectivity index (χ1v) is 5.02. The van der Waals surface area contributed by atoms with Crippen molar-refractivity contribution in [3.63, 3.8) is 0 Å². The van der Waals surface area contributed by atoms with E-state index in [9.17, 15) is 0 Å². The van der Waals surface area contributed by atoms with Gasteiger partial charge in [0.05, 0.1) is 0 Å². The average molecular weight is 219 g/mol. The van der Waals surface area contributed by atoms with Crippen LogP contribution in [-0.2, 0) is 0 Å². The molecule has 64 valence electrons. The summed E-state index contributed by atoms with van der Waals surface area (Å²) in [4.78, 5) is 0. The van der Waals surface area contributed by atoms with Crippen LogP contribution >= 0.6 is 0 Å². The normalized spacial score (nSPS) is 10.6. The summed E-state index contributed by atoms with van der Waals surface area (Å²) in [5.41, 5.74) is 0. The van der Waals surface area contributed by atoms with Crippen LogP contribution in [0.5, 0.6) is 0 Å². The molecule has 1 N–H and O–H groups in total. The Balaban J connectivity index is 3.07. The first kappa shape index (κ1) is 10.9. The Bertz CT molecular complexity index is 130. The zero-order valence-electron chi connectivity index (χ0n) is 7.05. The molecule has 0 saturated carbocycles. The van der Waals surface area contributed by atoms with E-state index in [-0.39, 0.29) is 4.60 Å². The number of aliphatic hydroxyl groups is 1. The van der Waals surface area contributed by atoms with Crippen molar-refractivity contribution in [2.75, 3.05) is 0 Å². The summed E-state index contributed by atoms with van der Waals surface area (Å²) in [7, 11) is 0. The molecule has 0 aliphatic rings. The van der Waals surface area contributed by atoms with Gasteiger partial charge in [0.15, 0.2) is 0 Å². The van der Waals surface area contributed by atoms with Gasteiger partial charge in [-0.3, -0.25) is 0 Å². The molecule has 0 aromatic heterocycles. The molecule has 0 aliphatic carbocycles. The van der Waals surface area contributed by atoms with Crippen molar-refractivity contribution in [1.29, 1.82) is 0 Å². The molecule has 1 nitrogen and oxygen atoms in total. The number of unbranched alkanes of at least 4 members (excludes halogenated alkanes) is 4. The van der Waals surface area contributed by atoms with E-state index in [4.69, 9.17) is 5.11 Å². The third-order valence-electron chi connectivity index (χ3n) is 1.48. The quantitative estimate of drug-likeness (QED) is 0.536. The molecular weight excluding hydrogens is 203 g/mol. The van der Waals surface area contributed by atoms with Gasteiger partial charge in [0, 0.05) is 0 Å². The minimum atomic E-state index is 0.278. The summed E-state index contributed by atoms with van der Waals surface area (Å²) in [6.07, 6.45) is 9.93. The molecule has 11 heavy (non-hydrogen) atoms. The number of hydrogen-bond acceptors (Lipinski definition) is 1. The minimum absolute atomic E-state index is 0.278. The van der Waals surface area contributed by atoms with Crippen LogP contribution in [0.15, 0.2) is 12.2 Å². The Morgan fingerprint density at radius 2 is 2.09 bits per heavy atom. The summed E-state index contributed by atoms with van der Waals surface area (Å²) in [6.45, 7) is 2.20. The molecule has 0 unspecified atom stereocenters. The first-order valence-electron chi connectivity index (χ1n) is 4.17. The fourth-order valence-electron chi connectivity index (χ4n) is 0.873. The molecule has 0 saturated heterocycles. The van der Waals surface area contributed by atoms with E-state index in [2.05, 4.69) is 22.5 Å². The van der Waals surface area contributed by atoms with E-state index in [1.807, 2.05) is 6.08 Å². The van der Waals surface area contributed by atoms with E-state index >= 15 is 0 Å². The van der Waals surface area contributed by atoms with E-state index in [1.165, 1.54) is 25.7 Å². The van der Waals surface area contributed by atoms with Gasteiger partial charge < -0.3 is 0 Å². The second-order valence-electron chi connectivity index (χ2n) is 2.59. The van der Waals surface area contributed by atoms with Crippen LogP contribution in [0.2, 0.25) is 0 Å². The molecule has 2 heteroatoms. The van der Waals surface area contributed by atoms with Crippen LogP contribution in [0.25, 0.3) is 0 Å². The van der Waals surface area contributed by atoms with Crippen LogP contribution in [0.4, 0.5) is 0 Å². The molecule has 0 aromatic carbocycles. The predicted octanol–water partition coefficient (Wildman–Crippen LogP) is 2.18. The third kappa shape index (κ3) is 9.93. The predicted molar refractivity (Wildman–Crippen MR) is 50.6 cm³/mol. The third-order valence-corrected chi connectivity index (χ3v) is 1.77. The standard InChI is InChI=1S/C9H16OSe/c1-2-3-4-5-6-7-8-9(10)11/h7-8H,2-6H2,1H3,(H,10,11). The number of rotatable bonds is 6. The zero-order chi connectivity index (χ0) is 8.53. The molecular formula is C9H16OSe. The van der Waals surface area contributed by atoms with E-state index < -0.39 is 0 Å². The molecule has 0 spiro atoms. The van der Waals surface area contributed by atoms with Crippen molar-refractivity contribution >= 4 is 20.2 Å². The summed E-state index contributed by atoms with van der Waals surface area (Å²) in [5, 5.41) is 8.73. The molecule has 0 radical (unpaired) electrons. The van der Waals surface area contributed by atoms with E-state index in [0.717, 1.165) is 6.42 Å². The van der Waals surface area contributed by atoms with Crippen LogP contribution in [-0.4, -0.2) is 25.3 Å². The molecule has 0 rings (SSSR count). The van der Waals surface area contributed by atoms with Gasteiger partial charge in [0.25, 0.3) is 0 Å². The van der Waals surface area contributed by atoms with Gasteiger partial charge in [-0.25, -0.2) is 0 Å². The summed E-state index contributed by atoms with van der Waals surface area (Å²) < 4.78 is 0.278. The van der Waals surface area contributed by atoms with Crippen molar-refractivity contribution in [3.8, 4) is 0 Å². The SMILES string of the molecule is CCCCCCC=CC(O)=[Se]. The molecule has 0 amide bonds. The maximum absolute atomic E-state index is 8.73. The maximum atomic E-state index is 8.73. The molecule has 0 bridgehead atoms. The summed E-state index contributed by atoms with van der Waals surface area (Å²) in [5.74, 6) is 0. The van der Waals surface area contributed by atoms with Crippen molar-refractivity contribution in [1.82, 2.24) is 0 Å². The van der Waals surface area contributed by atoms with Gasteiger partial charge in [0.2, 0.25) is 0 Å². The van der Waals surface area contributed by atoms with Gasteiger partial charge in [-0.05, 0) is 0 Å². The fourth-order valence-corrected chi connectivity index (χ4v) is 1.08. The topological polar surface area (TPSA) is 20.2 Å². The van der Waals surface area contributed by atoms with Gasteiger partial charge in [-0.1, -0.05) is 0 Å². The van der Waals surface area contributed by atoms with Crippen LogP contribution in [0, 0.1) is 0 Å². The number of hydrogen-bond donors (Lipinski definition) is 1. The summed E-state index contributed by atoms with van der Waals surface area (Å²) in [6, 6.07) is 0. The second-order valence-corrected chi connectivity index (χ2v) is 3.47. The first-order chi connectivity index (χ1) is 5.27.